The number of hydrogen-bond donors (Lipinski definition) is 0. The fourth-order valence-electron chi connectivity index (χ4n) is 2.01. The average Bonchev–Trinajstić information content (AvgIpc) is 2.46. The van der Waals surface area contributed by atoms with Gasteiger partial charge in [0.1, 0.15) is 8.24 Å². The smallest absolute Gasteiger partial charge is 0.490 e. The number of carbonyl (C=O) groups is 1. The van der Waals surface area contributed by atoms with Gasteiger partial charge < -0.3 is 9.16 Å². The van der Waals surface area contributed by atoms with Gasteiger partial charge in [-0.25, -0.2) is 4.79 Å². The molecule has 0 saturated carbocycles. The summed E-state index contributed by atoms with van der Waals surface area (Å²) in [5.74, 6) is 0. The molecule has 0 bridgehead atoms. The molecule has 1 fully saturated rings. The molecule has 0 N–H and O–H groups in total. The molecular weight excluding hydrogens is 250 g/mol. The molecule has 1 aliphatic heterocycles. The summed E-state index contributed by atoms with van der Waals surface area (Å²) in [7, 11) is -3.24. The number of ether oxygens (including phenoxy) is 1. The highest BCUT2D eigenvalue weighted by atomic mass is 28.4. The summed E-state index contributed by atoms with van der Waals surface area (Å²) < 4.78 is 13.1. The third-order valence-electron chi connectivity index (χ3n) is 2.68. The van der Waals surface area contributed by atoms with E-state index in [2.05, 4.69) is 24.2 Å². The van der Waals surface area contributed by atoms with E-state index in [-0.39, 0.29) is 6.23 Å². The first-order valence-electron chi connectivity index (χ1n) is 6.26. The van der Waals surface area contributed by atoms with E-state index in [0.717, 1.165) is 19.4 Å². The lowest BCUT2D eigenvalue weighted by Crippen LogP contribution is -2.50. The van der Waals surface area contributed by atoms with E-state index in [1.165, 1.54) is 0 Å². The summed E-state index contributed by atoms with van der Waals surface area (Å²) in [5, 5.41) is 0. The molecular formula is C11H25NO3Si2. The maximum atomic E-state index is 11.7. The Morgan fingerprint density at radius 2 is 1.76 bits per heavy atom. The summed E-state index contributed by atoms with van der Waals surface area (Å²) >= 11 is 0. The first-order chi connectivity index (χ1) is 7.59. The van der Waals surface area contributed by atoms with Gasteiger partial charge in [0.2, 0.25) is 0 Å². The Labute approximate surface area is 106 Å². The van der Waals surface area contributed by atoms with Gasteiger partial charge >= 0.3 is 6.16 Å². The molecule has 0 radical (unpaired) electrons. The van der Waals surface area contributed by atoms with E-state index >= 15 is 0 Å². The van der Waals surface area contributed by atoms with Gasteiger partial charge in [-0.1, -0.05) is 19.6 Å². The minimum Gasteiger partial charge on any atom is -0.490 e. The lowest BCUT2D eigenvalue weighted by molar-refractivity contribution is 0.0173. The first kappa shape index (κ1) is 14.7. The molecule has 6 heteroatoms. The molecule has 100 valence electrons. The fourth-order valence-corrected chi connectivity index (χ4v) is 4.43. The Morgan fingerprint density at radius 3 is 2.24 bits per heavy atom. The zero-order valence-corrected chi connectivity index (χ0v) is 13.9. The van der Waals surface area contributed by atoms with Crippen molar-refractivity contribution >= 4 is 22.7 Å². The molecule has 0 aromatic carbocycles. The molecule has 4 nitrogen and oxygen atoms in total. The monoisotopic (exact) mass is 275 g/mol. The van der Waals surface area contributed by atoms with Crippen LogP contribution in [0.4, 0.5) is 4.79 Å². The van der Waals surface area contributed by atoms with Gasteiger partial charge in [-0.3, -0.25) is 4.57 Å². The topological polar surface area (TPSA) is 38.8 Å². The summed E-state index contributed by atoms with van der Waals surface area (Å²) in [6, 6.07) is 0. The van der Waals surface area contributed by atoms with Crippen molar-refractivity contribution in [2.24, 2.45) is 0 Å². The van der Waals surface area contributed by atoms with Crippen molar-refractivity contribution in [2.45, 2.75) is 58.4 Å². The van der Waals surface area contributed by atoms with Crippen molar-refractivity contribution in [1.29, 1.82) is 0 Å². The van der Waals surface area contributed by atoms with Crippen molar-refractivity contribution in [3.63, 3.8) is 0 Å². The van der Waals surface area contributed by atoms with Crippen LogP contribution in [-0.4, -0.2) is 40.0 Å². The fraction of sp³-hybridized carbons (Fsp3) is 0.909. The summed E-state index contributed by atoms with van der Waals surface area (Å²) in [6.45, 7) is 13.8. The molecule has 1 atom stereocenters. The van der Waals surface area contributed by atoms with Crippen LogP contribution in [0.25, 0.3) is 0 Å². The highest BCUT2D eigenvalue weighted by molar-refractivity contribution is 6.73. The van der Waals surface area contributed by atoms with Crippen LogP contribution in [0.2, 0.25) is 39.3 Å². The van der Waals surface area contributed by atoms with Crippen LogP contribution < -0.4 is 0 Å². The summed E-state index contributed by atoms with van der Waals surface area (Å²) in [4.78, 5) is 11.7. The molecule has 1 aliphatic rings. The summed E-state index contributed by atoms with van der Waals surface area (Å²) in [5.41, 5.74) is 0. The number of nitrogens with zero attached hydrogens (tertiary/aromatic N) is 1. The lowest BCUT2D eigenvalue weighted by atomic mass is 10.4. The van der Waals surface area contributed by atoms with Gasteiger partial charge in [0.15, 0.2) is 6.23 Å². The van der Waals surface area contributed by atoms with E-state index < -0.39 is 22.7 Å². The Balaban J connectivity index is 2.54. The zero-order valence-electron chi connectivity index (χ0n) is 11.9. The average molecular weight is 275 g/mol. The quantitative estimate of drug-likeness (QED) is 0.585. The van der Waals surface area contributed by atoms with Crippen LogP contribution in [0, 0.1) is 0 Å². The van der Waals surface area contributed by atoms with Crippen molar-refractivity contribution in [3.05, 3.63) is 0 Å². The Kier molecular flexibility index (Phi) is 4.43. The Bertz CT molecular complexity index is 283. The van der Waals surface area contributed by atoms with Crippen LogP contribution in [0.1, 0.15) is 12.8 Å². The maximum Gasteiger partial charge on any atom is 0.495 e. The molecule has 0 aromatic heterocycles. The Hall–Kier alpha value is -0.336. The van der Waals surface area contributed by atoms with Crippen LogP contribution >= 0.6 is 0 Å². The molecule has 0 aromatic rings. The highest BCUT2D eigenvalue weighted by Gasteiger charge is 2.37. The van der Waals surface area contributed by atoms with Crippen molar-refractivity contribution < 1.29 is 14.0 Å². The van der Waals surface area contributed by atoms with E-state index in [1.807, 2.05) is 19.6 Å². The number of hydrogen-bond acceptors (Lipinski definition) is 4. The lowest BCUT2D eigenvalue weighted by Gasteiger charge is -2.34. The number of rotatable bonds is 3. The van der Waals surface area contributed by atoms with Crippen LogP contribution in [-0.2, 0) is 9.16 Å². The molecule has 0 aliphatic carbocycles. The van der Waals surface area contributed by atoms with E-state index in [0.29, 0.717) is 0 Å². The second-order valence-electron chi connectivity index (χ2n) is 6.54. The van der Waals surface area contributed by atoms with Gasteiger partial charge in [-0.2, -0.15) is 0 Å². The van der Waals surface area contributed by atoms with Gasteiger partial charge in [0.25, 0.3) is 8.32 Å². The third-order valence-corrected chi connectivity index (χ3v) is 5.70. The molecule has 0 unspecified atom stereocenters. The molecule has 17 heavy (non-hydrogen) atoms. The highest BCUT2D eigenvalue weighted by Crippen LogP contribution is 2.25. The number of carbonyl (C=O) groups excluding carboxylic acids is 1. The first-order valence-corrected chi connectivity index (χ1v) is 13.1. The maximum absolute atomic E-state index is 11.7. The Morgan fingerprint density at radius 1 is 1.18 bits per heavy atom. The standard InChI is InChI=1S/C11H25NO3Si2/c1-16(2,3)12-9-7-8-10(12)14-11(13)15-17(4,5)6/h10H,7-9H2,1-6H3/t10-/m0/s1. The third kappa shape index (κ3) is 4.81. The molecule has 0 spiro atoms. The molecule has 1 heterocycles. The van der Waals surface area contributed by atoms with Crippen molar-refractivity contribution in [2.75, 3.05) is 6.54 Å². The minimum atomic E-state index is -1.84. The van der Waals surface area contributed by atoms with Crippen LogP contribution in [0.3, 0.4) is 0 Å². The van der Waals surface area contributed by atoms with Crippen LogP contribution in [0.5, 0.6) is 0 Å². The van der Waals surface area contributed by atoms with Crippen molar-refractivity contribution in [3.8, 4) is 0 Å². The predicted octanol–water partition coefficient (Wildman–Crippen LogP) is 3.23. The molecule has 1 saturated heterocycles. The SMILES string of the molecule is C[Si](C)(C)OC(=O)O[C@H]1CCCN1[Si](C)(C)C. The van der Waals surface area contributed by atoms with Crippen LogP contribution in [0.15, 0.2) is 0 Å². The van der Waals surface area contributed by atoms with Gasteiger partial charge in [-0.05, 0) is 39.0 Å². The zero-order chi connectivity index (χ0) is 13.3. The second kappa shape index (κ2) is 5.11. The van der Waals surface area contributed by atoms with E-state index in [4.69, 9.17) is 9.16 Å². The van der Waals surface area contributed by atoms with E-state index in [9.17, 15) is 4.79 Å². The predicted molar refractivity (Wildman–Crippen MR) is 74.0 cm³/mol. The normalized spacial score (nSPS) is 22.6. The molecule has 0 amide bonds. The van der Waals surface area contributed by atoms with Gasteiger partial charge in [0, 0.05) is 0 Å². The minimum absolute atomic E-state index is 0.0643. The molecule has 1 rings (SSSR count). The summed E-state index contributed by atoms with van der Waals surface area (Å²) in [6.07, 6.45) is 1.49. The van der Waals surface area contributed by atoms with Gasteiger partial charge in [0.05, 0.1) is 0 Å². The van der Waals surface area contributed by atoms with Crippen molar-refractivity contribution in [1.82, 2.24) is 4.57 Å². The van der Waals surface area contributed by atoms with E-state index in [1.54, 1.807) is 0 Å². The van der Waals surface area contributed by atoms with Gasteiger partial charge in [-0.15, -0.1) is 0 Å². The largest absolute Gasteiger partial charge is 0.495 e. The second-order valence-corrected chi connectivity index (χ2v) is 15.9.